The van der Waals surface area contributed by atoms with Crippen molar-refractivity contribution in [2.45, 2.75) is 167 Å². The highest BCUT2D eigenvalue weighted by Gasteiger charge is 2.41. The molecule has 0 aliphatic carbocycles. The number of ether oxygens (including phenoxy) is 2. The number of likely N-dealkylation sites (N-methyl/N-ethyl adjacent to an activating group) is 1. The van der Waals surface area contributed by atoms with E-state index in [2.05, 4.69) is 60.4 Å². The molecule has 1 aliphatic rings. The number of hydrogen-bond acceptors (Lipinski definition) is 11. The summed E-state index contributed by atoms with van der Waals surface area (Å²) in [6.45, 7) is 20.2. The minimum absolute atomic E-state index is 0.0112. The van der Waals surface area contributed by atoms with Gasteiger partial charge < -0.3 is 50.5 Å². The minimum Gasteiger partial charge on any atom is -0.544 e. The van der Waals surface area contributed by atoms with Gasteiger partial charge in [0.2, 0.25) is 37.9 Å². The van der Waals surface area contributed by atoms with E-state index in [0.717, 1.165) is 0 Å². The van der Waals surface area contributed by atoms with Crippen molar-refractivity contribution >= 4 is 49.9 Å². The van der Waals surface area contributed by atoms with Crippen LogP contribution in [0.2, 0.25) is 18.1 Å². The first-order valence-electron chi connectivity index (χ1n) is 24.9. The van der Waals surface area contributed by atoms with Gasteiger partial charge in [-0.3, -0.25) is 24.0 Å². The largest absolute Gasteiger partial charge is 0.544 e. The number of hydrogen-bond donors (Lipinski definition) is 6. The van der Waals surface area contributed by atoms with Gasteiger partial charge in [-0.05, 0) is 93.4 Å². The lowest BCUT2D eigenvalue weighted by Gasteiger charge is -2.36. The van der Waals surface area contributed by atoms with Crippen LogP contribution in [0, 0.1) is 5.92 Å². The van der Waals surface area contributed by atoms with Gasteiger partial charge in [-0.2, -0.15) is 0 Å². The van der Waals surface area contributed by atoms with Gasteiger partial charge >= 0.3 is 12.1 Å². The van der Waals surface area contributed by atoms with Gasteiger partial charge in [0.1, 0.15) is 53.7 Å². The van der Waals surface area contributed by atoms with E-state index in [1.54, 1.807) is 82.3 Å². The highest BCUT2D eigenvalue weighted by molar-refractivity contribution is 6.74. The molecule has 3 aromatic carbocycles. The molecule has 394 valence electrons. The van der Waals surface area contributed by atoms with Crippen LogP contribution in [-0.4, -0.2) is 122 Å². The SMILES string of the molecule is CC[C@H](C)[C@@H]1NC(=O)C(Cc2ccc(O[Si](C)(C)C(C)(C)C)cc2)N(C)C(=O)[C@H](Cc2ccccc2)NC(=O)[C@H](CCCO)NC(=O)[C@H](Cc2ccccc2)NC(=O)[C@@H](NC(=O)OC(C)(C)C)[C@@H](C)OC1=O. The van der Waals surface area contributed by atoms with Crippen LogP contribution in [-0.2, 0) is 57.5 Å². The first kappa shape index (κ1) is 58.3. The summed E-state index contributed by atoms with van der Waals surface area (Å²) in [5.74, 6) is -4.63. The molecule has 1 unspecified atom stereocenters. The summed E-state index contributed by atoms with van der Waals surface area (Å²) in [5.41, 5.74) is 0.991. The van der Waals surface area contributed by atoms with E-state index < -0.39 is 104 Å². The van der Waals surface area contributed by atoms with E-state index in [9.17, 15) is 33.9 Å². The lowest BCUT2D eigenvalue weighted by Crippen LogP contribution is -2.61. The number of amides is 6. The predicted octanol–water partition coefficient (Wildman–Crippen LogP) is 5.52. The molecule has 1 heterocycles. The van der Waals surface area contributed by atoms with E-state index in [-0.39, 0.29) is 43.7 Å². The molecule has 8 atom stereocenters. The summed E-state index contributed by atoms with van der Waals surface area (Å²) in [7, 11) is -0.758. The Bertz CT molecular complexity index is 2300. The molecule has 0 saturated carbocycles. The van der Waals surface area contributed by atoms with Crippen LogP contribution in [0.1, 0.15) is 98.3 Å². The molecule has 72 heavy (non-hydrogen) atoms. The van der Waals surface area contributed by atoms with Crippen LogP contribution in [0.4, 0.5) is 4.79 Å². The summed E-state index contributed by atoms with van der Waals surface area (Å²) >= 11 is 0. The summed E-state index contributed by atoms with van der Waals surface area (Å²) in [6.07, 6.45) is -2.13. The first-order valence-corrected chi connectivity index (χ1v) is 27.8. The Labute approximate surface area is 426 Å². The molecule has 3 aromatic rings. The lowest BCUT2D eigenvalue weighted by atomic mass is 9.97. The molecule has 17 nitrogen and oxygen atoms in total. The third kappa shape index (κ3) is 17.2. The Balaban J connectivity index is 1.89. The zero-order valence-corrected chi connectivity index (χ0v) is 45.1. The van der Waals surface area contributed by atoms with Crippen LogP contribution < -0.4 is 31.0 Å². The van der Waals surface area contributed by atoms with Gasteiger partial charge in [0.05, 0.1) is 0 Å². The lowest BCUT2D eigenvalue weighted by molar-refractivity contribution is -0.157. The average molecular weight is 1020 g/mol. The second-order valence-corrected chi connectivity index (χ2v) is 26.0. The molecule has 1 fully saturated rings. The number of cyclic esters (lactones) is 1. The number of aliphatic hydroxyl groups excluding tert-OH is 1. The number of carbonyl (C=O) groups excluding carboxylic acids is 7. The molecule has 6 amide bonds. The number of alkyl carbamates (subject to hydrolysis) is 1. The minimum atomic E-state index is -2.21. The molecule has 0 radical (unpaired) electrons. The number of rotatable bonds is 14. The van der Waals surface area contributed by atoms with Crippen molar-refractivity contribution in [2.75, 3.05) is 13.7 Å². The predicted molar refractivity (Wildman–Crippen MR) is 277 cm³/mol. The monoisotopic (exact) mass is 1010 g/mol. The van der Waals surface area contributed by atoms with E-state index in [1.165, 1.54) is 18.9 Å². The Kier molecular flexibility index (Phi) is 21.0. The van der Waals surface area contributed by atoms with Crippen molar-refractivity contribution in [1.82, 2.24) is 31.5 Å². The maximum atomic E-state index is 15.1. The van der Waals surface area contributed by atoms with E-state index in [4.69, 9.17) is 13.9 Å². The van der Waals surface area contributed by atoms with E-state index >= 15 is 4.79 Å². The number of esters is 1. The normalized spacial score (nSPS) is 22.9. The van der Waals surface area contributed by atoms with Gasteiger partial charge in [0.15, 0.2) is 0 Å². The maximum Gasteiger partial charge on any atom is 0.408 e. The molecular weight excluding hydrogens is 937 g/mol. The van der Waals surface area contributed by atoms with Crippen molar-refractivity contribution in [3.8, 4) is 5.75 Å². The van der Waals surface area contributed by atoms with Crippen LogP contribution in [0.25, 0.3) is 0 Å². The van der Waals surface area contributed by atoms with Gasteiger partial charge in [-0.25, -0.2) is 9.59 Å². The topological polar surface area (TPSA) is 231 Å². The van der Waals surface area contributed by atoms with E-state index in [1.807, 2.05) is 37.3 Å². The first-order chi connectivity index (χ1) is 33.7. The molecule has 0 bridgehead atoms. The van der Waals surface area contributed by atoms with Crippen molar-refractivity contribution in [3.63, 3.8) is 0 Å². The fourth-order valence-electron chi connectivity index (χ4n) is 7.72. The van der Waals surface area contributed by atoms with Crippen molar-refractivity contribution in [3.05, 3.63) is 102 Å². The van der Waals surface area contributed by atoms with Gasteiger partial charge in [0.25, 0.3) is 0 Å². The number of benzene rings is 3. The third-order valence-corrected chi connectivity index (χ3v) is 17.6. The second-order valence-electron chi connectivity index (χ2n) is 21.2. The summed E-state index contributed by atoms with van der Waals surface area (Å²) in [6, 6.07) is 16.8. The van der Waals surface area contributed by atoms with Crippen LogP contribution in [0.5, 0.6) is 5.75 Å². The Morgan fingerprint density at radius 1 is 0.736 bits per heavy atom. The fourth-order valence-corrected chi connectivity index (χ4v) is 8.75. The molecule has 18 heteroatoms. The van der Waals surface area contributed by atoms with Crippen molar-refractivity contribution in [1.29, 1.82) is 0 Å². The molecular formula is C54H78N6O11Si. The smallest absolute Gasteiger partial charge is 0.408 e. The Hall–Kier alpha value is -6.27. The zero-order valence-electron chi connectivity index (χ0n) is 44.1. The average Bonchev–Trinajstić information content (AvgIpc) is 3.31. The standard InChI is InChI=1S/C54H78N6O11Si/c1-13-34(2)44-51(67)69-35(3)45(59-52(68)70-53(4,5)6)49(65)56-41(31-36-21-16-14-17-22-36)47(63)55-40(25-20-30-61)46(62)57-42(32-37-23-18-15-19-24-37)50(66)60(10)43(48(64)58-44)33-38-26-28-39(29-27-38)71-72(11,12)54(7,8)9/h14-19,21-24,26-29,34-35,40-45,61H,13,20,25,30-33H2,1-12H3,(H,55,63)(H,56,65)(H,57,62)(H,58,64)(H,59,68)/t34-,35+,40-,41-,42-,43?,44-,45-/m0/s1. The fraction of sp³-hybridized carbons (Fsp3) is 0.537. The quantitative estimate of drug-likeness (QED) is 0.0870. The van der Waals surface area contributed by atoms with E-state index in [0.29, 0.717) is 28.9 Å². The number of aliphatic hydroxyl groups is 1. The summed E-state index contributed by atoms with van der Waals surface area (Å²) < 4.78 is 18.0. The summed E-state index contributed by atoms with van der Waals surface area (Å²) in [5, 5.41) is 23.6. The van der Waals surface area contributed by atoms with Gasteiger partial charge in [-0.15, -0.1) is 0 Å². The number of nitrogens with one attached hydrogen (secondary N) is 5. The molecule has 6 N–H and O–H groups in total. The van der Waals surface area contributed by atoms with Crippen molar-refractivity contribution in [2.24, 2.45) is 5.92 Å². The Morgan fingerprint density at radius 2 is 1.25 bits per heavy atom. The van der Waals surface area contributed by atoms with Gasteiger partial charge in [0, 0.05) is 32.9 Å². The van der Waals surface area contributed by atoms with Crippen LogP contribution in [0.15, 0.2) is 84.9 Å². The maximum absolute atomic E-state index is 15.1. The highest BCUT2D eigenvalue weighted by atomic mass is 28.4. The molecule has 4 rings (SSSR count). The Morgan fingerprint density at radius 3 is 1.78 bits per heavy atom. The highest BCUT2D eigenvalue weighted by Crippen LogP contribution is 2.37. The number of carbonyl (C=O) groups is 7. The summed E-state index contributed by atoms with van der Waals surface area (Å²) in [4.78, 5) is 103. The molecule has 0 spiro atoms. The van der Waals surface area contributed by atoms with Crippen LogP contribution >= 0.6 is 0 Å². The third-order valence-electron chi connectivity index (χ3n) is 13.2. The van der Waals surface area contributed by atoms with Gasteiger partial charge in [-0.1, -0.05) is 114 Å². The van der Waals surface area contributed by atoms with Crippen molar-refractivity contribution < 1.29 is 52.6 Å². The number of nitrogens with zero attached hydrogens (tertiary/aromatic N) is 1. The van der Waals surface area contributed by atoms with Crippen LogP contribution in [0.3, 0.4) is 0 Å². The molecule has 0 aromatic heterocycles. The molecule has 1 aliphatic heterocycles. The second kappa shape index (κ2) is 25.9. The molecule has 1 saturated heterocycles. The zero-order chi connectivity index (χ0) is 53.6.